The van der Waals surface area contributed by atoms with E-state index in [9.17, 15) is 9.18 Å². The number of anilines is 1. The molecular formula is C17H17BrFNO. The first kappa shape index (κ1) is 13.5. The number of ketones is 1. The summed E-state index contributed by atoms with van der Waals surface area (Å²) in [5.74, 6) is 0.448. The minimum Gasteiger partial charge on any atom is -0.396 e. The van der Waals surface area contributed by atoms with Crippen molar-refractivity contribution in [2.24, 2.45) is 17.3 Å². The van der Waals surface area contributed by atoms with Gasteiger partial charge in [0, 0.05) is 11.3 Å². The third kappa shape index (κ3) is 1.49. The molecule has 2 N–H and O–H groups in total. The summed E-state index contributed by atoms with van der Waals surface area (Å²) < 4.78 is 15.1. The predicted molar refractivity (Wildman–Crippen MR) is 84.3 cm³/mol. The van der Waals surface area contributed by atoms with Gasteiger partial charge in [-0.15, -0.1) is 0 Å². The maximum Gasteiger partial charge on any atom is 0.173 e. The van der Waals surface area contributed by atoms with Crippen LogP contribution in [0, 0.1) is 23.1 Å². The molecule has 0 aliphatic heterocycles. The number of fused-ring (bicyclic) bond motifs is 3. The van der Waals surface area contributed by atoms with Crippen LogP contribution >= 0.6 is 15.9 Å². The molecule has 0 saturated heterocycles. The van der Waals surface area contributed by atoms with Crippen LogP contribution in [-0.2, 0) is 11.2 Å². The minimum atomic E-state index is -0.296. The van der Waals surface area contributed by atoms with Crippen molar-refractivity contribution in [1.29, 1.82) is 0 Å². The van der Waals surface area contributed by atoms with Crippen LogP contribution in [0.4, 0.5) is 10.1 Å². The van der Waals surface area contributed by atoms with Crippen molar-refractivity contribution in [2.45, 2.75) is 32.6 Å². The largest absolute Gasteiger partial charge is 0.396 e. The molecule has 3 aliphatic carbocycles. The summed E-state index contributed by atoms with van der Waals surface area (Å²) >= 11 is 3.52. The van der Waals surface area contributed by atoms with Crippen LogP contribution in [0.1, 0.15) is 37.3 Å². The fourth-order valence-corrected chi connectivity index (χ4v) is 5.83. The van der Waals surface area contributed by atoms with E-state index in [1.165, 1.54) is 0 Å². The zero-order valence-electron chi connectivity index (χ0n) is 11.9. The van der Waals surface area contributed by atoms with E-state index >= 15 is 0 Å². The third-order valence-corrected chi connectivity index (χ3v) is 6.58. The average molecular weight is 350 g/mol. The molecule has 1 aromatic carbocycles. The molecule has 2 bridgehead atoms. The molecule has 3 unspecified atom stereocenters. The first-order valence-corrected chi connectivity index (χ1v) is 8.30. The number of allylic oxidation sites excluding steroid dienone is 2. The van der Waals surface area contributed by atoms with Gasteiger partial charge in [0.25, 0.3) is 0 Å². The monoisotopic (exact) mass is 349 g/mol. The summed E-state index contributed by atoms with van der Waals surface area (Å²) in [7, 11) is 0. The van der Waals surface area contributed by atoms with Gasteiger partial charge >= 0.3 is 0 Å². The fraction of sp³-hybridized carbons (Fsp3) is 0.471. The number of Topliss-reactive ketones (excluding diaryl/α,β-unsaturated/α-hetero) is 1. The number of rotatable bonds is 1. The Hall–Kier alpha value is -1.16. The minimum absolute atomic E-state index is 0.0663. The van der Waals surface area contributed by atoms with Crippen molar-refractivity contribution in [3.8, 4) is 0 Å². The summed E-state index contributed by atoms with van der Waals surface area (Å²) in [6, 6.07) is 3.50. The highest BCUT2D eigenvalue weighted by molar-refractivity contribution is 9.12. The normalized spacial score (nSPS) is 33.4. The van der Waals surface area contributed by atoms with Crippen LogP contribution in [0.25, 0.3) is 5.57 Å². The molecule has 3 atom stereocenters. The van der Waals surface area contributed by atoms with Crippen molar-refractivity contribution in [1.82, 2.24) is 0 Å². The second kappa shape index (κ2) is 4.19. The molecule has 0 aromatic heterocycles. The second-order valence-electron chi connectivity index (χ2n) is 6.62. The molecule has 110 valence electrons. The first-order chi connectivity index (χ1) is 9.99. The van der Waals surface area contributed by atoms with E-state index in [0.29, 0.717) is 22.4 Å². The Balaban J connectivity index is 2.02. The van der Waals surface area contributed by atoms with E-state index in [1.54, 1.807) is 6.07 Å². The lowest BCUT2D eigenvalue weighted by Gasteiger charge is -2.35. The lowest BCUT2D eigenvalue weighted by atomic mass is 9.69. The molecular weight excluding hydrogens is 333 g/mol. The molecule has 4 heteroatoms. The van der Waals surface area contributed by atoms with Crippen molar-refractivity contribution >= 4 is 33.0 Å². The maximum atomic E-state index is 14.5. The van der Waals surface area contributed by atoms with Gasteiger partial charge < -0.3 is 5.73 Å². The van der Waals surface area contributed by atoms with Crippen LogP contribution in [-0.4, -0.2) is 5.78 Å². The van der Waals surface area contributed by atoms with Gasteiger partial charge in [-0.2, -0.15) is 0 Å². The molecule has 1 fully saturated rings. The Morgan fingerprint density at radius 1 is 1.48 bits per heavy atom. The number of carbonyl (C=O) groups is 1. The van der Waals surface area contributed by atoms with E-state index in [0.717, 1.165) is 30.4 Å². The molecule has 1 aromatic rings. The number of nitrogens with two attached hydrogens (primary N) is 1. The summed E-state index contributed by atoms with van der Waals surface area (Å²) in [5.41, 5.74) is 8.51. The van der Waals surface area contributed by atoms with Gasteiger partial charge in [-0.3, -0.25) is 4.79 Å². The number of benzene rings is 1. The van der Waals surface area contributed by atoms with Gasteiger partial charge in [-0.25, -0.2) is 4.39 Å². The quantitative estimate of drug-likeness (QED) is 0.776. The number of nitrogen functional groups attached to an aromatic ring is 1. The van der Waals surface area contributed by atoms with Gasteiger partial charge in [-0.1, -0.05) is 19.4 Å². The van der Waals surface area contributed by atoms with Crippen molar-refractivity contribution < 1.29 is 9.18 Å². The Bertz CT molecular complexity index is 711. The van der Waals surface area contributed by atoms with E-state index in [-0.39, 0.29) is 28.6 Å². The SMILES string of the molecule is CCC1CC2CC13Cc1c(ccc(N)c1F)C3=C(Br)C2=O. The lowest BCUT2D eigenvalue weighted by molar-refractivity contribution is -0.118. The third-order valence-electron chi connectivity index (χ3n) is 5.79. The maximum absolute atomic E-state index is 14.5. The highest BCUT2D eigenvalue weighted by Gasteiger charge is 2.58. The number of carbonyl (C=O) groups excluding carboxylic acids is 1. The topological polar surface area (TPSA) is 43.1 Å². The van der Waals surface area contributed by atoms with Crippen molar-refractivity contribution in [3.05, 3.63) is 33.6 Å². The summed E-state index contributed by atoms with van der Waals surface area (Å²) in [6.45, 7) is 2.17. The van der Waals surface area contributed by atoms with Crippen LogP contribution in [0.2, 0.25) is 0 Å². The summed E-state index contributed by atoms with van der Waals surface area (Å²) in [6.07, 6.45) is 3.51. The molecule has 1 spiro atoms. The summed E-state index contributed by atoms with van der Waals surface area (Å²) in [4.78, 5) is 12.5. The zero-order valence-corrected chi connectivity index (χ0v) is 13.5. The molecule has 0 heterocycles. The molecule has 0 amide bonds. The standard InChI is InChI=1S/C17H17BrFNO/c1-2-9-5-8-6-17(9)7-11-10(3-4-12(20)15(11)19)13(17)14(18)16(8)21/h3-4,8-9H,2,5-7,20H2,1H3. The van der Waals surface area contributed by atoms with Gasteiger partial charge in [0.2, 0.25) is 0 Å². The molecule has 2 nitrogen and oxygen atoms in total. The molecule has 0 radical (unpaired) electrons. The van der Waals surface area contributed by atoms with E-state index < -0.39 is 0 Å². The highest BCUT2D eigenvalue weighted by Crippen LogP contribution is 2.66. The van der Waals surface area contributed by atoms with Crippen molar-refractivity contribution in [2.75, 3.05) is 5.73 Å². The highest BCUT2D eigenvalue weighted by atomic mass is 79.9. The molecule has 3 aliphatic rings. The van der Waals surface area contributed by atoms with Crippen LogP contribution < -0.4 is 5.73 Å². The fourth-order valence-electron chi connectivity index (χ4n) is 4.90. The molecule has 21 heavy (non-hydrogen) atoms. The van der Waals surface area contributed by atoms with Crippen LogP contribution in [0.15, 0.2) is 16.6 Å². The smallest absolute Gasteiger partial charge is 0.173 e. The Morgan fingerprint density at radius 3 is 2.95 bits per heavy atom. The van der Waals surface area contributed by atoms with Gasteiger partial charge in [0.15, 0.2) is 5.78 Å². The molecule has 4 rings (SSSR count). The second-order valence-corrected chi connectivity index (χ2v) is 7.42. The Labute approximate surface area is 131 Å². The van der Waals surface area contributed by atoms with E-state index in [2.05, 4.69) is 22.9 Å². The Kier molecular flexibility index (Phi) is 2.69. The lowest BCUT2D eigenvalue weighted by Crippen LogP contribution is -2.29. The molecule has 1 saturated carbocycles. The van der Waals surface area contributed by atoms with E-state index in [4.69, 9.17) is 5.73 Å². The Morgan fingerprint density at radius 2 is 2.24 bits per heavy atom. The van der Waals surface area contributed by atoms with Gasteiger partial charge in [0.05, 0.1) is 10.2 Å². The first-order valence-electron chi connectivity index (χ1n) is 7.51. The van der Waals surface area contributed by atoms with Crippen LogP contribution in [0.3, 0.4) is 0 Å². The number of hydrogen-bond acceptors (Lipinski definition) is 2. The number of halogens is 2. The average Bonchev–Trinajstić information content (AvgIpc) is 2.98. The van der Waals surface area contributed by atoms with Gasteiger partial charge in [-0.05, 0) is 63.9 Å². The van der Waals surface area contributed by atoms with Crippen LogP contribution in [0.5, 0.6) is 0 Å². The van der Waals surface area contributed by atoms with Crippen molar-refractivity contribution in [3.63, 3.8) is 0 Å². The summed E-state index contributed by atoms with van der Waals surface area (Å²) in [5, 5.41) is 0. The zero-order chi connectivity index (χ0) is 14.9. The number of hydrogen-bond donors (Lipinski definition) is 1. The van der Waals surface area contributed by atoms with Gasteiger partial charge in [0.1, 0.15) is 5.82 Å². The van der Waals surface area contributed by atoms with E-state index in [1.807, 2.05) is 6.07 Å². The predicted octanol–water partition coefficient (Wildman–Crippen LogP) is 4.08.